The van der Waals surface area contributed by atoms with Crippen molar-refractivity contribution in [1.82, 2.24) is 25.1 Å². The first-order valence-electron chi connectivity index (χ1n) is 14.1. The van der Waals surface area contributed by atoms with Gasteiger partial charge in [0.05, 0.1) is 36.9 Å². The van der Waals surface area contributed by atoms with Crippen molar-refractivity contribution in [3.05, 3.63) is 136 Å². The normalized spacial score (nSPS) is 14.5. The topological polar surface area (TPSA) is 106 Å². The molecule has 6 rings (SSSR count). The highest BCUT2D eigenvalue weighted by Gasteiger charge is 2.33. The molecule has 0 fully saturated rings. The van der Waals surface area contributed by atoms with Crippen LogP contribution in [0.15, 0.2) is 116 Å². The number of thioether (sulfide) groups is 1. The molecule has 0 saturated carbocycles. The van der Waals surface area contributed by atoms with Crippen molar-refractivity contribution < 1.29 is 14.0 Å². The lowest BCUT2D eigenvalue weighted by Crippen LogP contribution is -2.28. The number of amides is 2. The fourth-order valence-corrected chi connectivity index (χ4v) is 6.01. The van der Waals surface area contributed by atoms with Gasteiger partial charge in [0.2, 0.25) is 0 Å². The van der Waals surface area contributed by atoms with Gasteiger partial charge in [-0.15, -0.1) is 10.2 Å². The molecule has 1 aliphatic rings. The van der Waals surface area contributed by atoms with Gasteiger partial charge in [0.15, 0.2) is 16.7 Å². The summed E-state index contributed by atoms with van der Waals surface area (Å²) in [7, 11) is 0. The van der Waals surface area contributed by atoms with Crippen molar-refractivity contribution in [3.8, 4) is 0 Å². The smallest absolute Gasteiger partial charge is 0.287 e. The van der Waals surface area contributed by atoms with Crippen LogP contribution in [0.1, 0.15) is 51.1 Å². The number of furan rings is 1. The summed E-state index contributed by atoms with van der Waals surface area (Å²) in [5, 5.41) is 18.6. The Morgan fingerprint density at radius 1 is 0.977 bits per heavy atom. The Kier molecular flexibility index (Phi) is 9.04. The van der Waals surface area contributed by atoms with E-state index in [0.29, 0.717) is 23.9 Å². The number of hydrogen-bond donors (Lipinski definition) is 1. The molecule has 44 heavy (non-hydrogen) atoms. The van der Waals surface area contributed by atoms with E-state index >= 15 is 0 Å². The van der Waals surface area contributed by atoms with Crippen molar-refractivity contribution in [1.29, 1.82) is 0 Å². The van der Waals surface area contributed by atoms with Gasteiger partial charge in [0.25, 0.3) is 11.8 Å². The van der Waals surface area contributed by atoms with E-state index in [1.54, 1.807) is 17.1 Å². The van der Waals surface area contributed by atoms with Gasteiger partial charge in [-0.1, -0.05) is 100.0 Å². The number of halogens is 1. The summed E-state index contributed by atoms with van der Waals surface area (Å²) in [4.78, 5) is 26.3. The van der Waals surface area contributed by atoms with Gasteiger partial charge in [-0.25, -0.2) is 5.01 Å². The van der Waals surface area contributed by atoms with Gasteiger partial charge in [-0.2, -0.15) is 5.10 Å². The Balaban J connectivity index is 1.22. The van der Waals surface area contributed by atoms with Crippen LogP contribution in [0.4, 0.5) is 0 Å². The van der Waals surface area contributed by atoms with Crippen LogP contribution < -0.4 is 5.32 Å². The average molecular weight is 670 g/mol. The molecule has 1 N–H and O–H groups in total. The maximum atomic E-state index is 13.8. The van der Waals surface area contributed by atoms with Gasteiger partial charge in [-0.05, 0) is 47.9 Å². The highest BCUT2D eigenvalue weighted by atomic mass is 79.9. The summed E-state index contributed by atoms with van der Waals surface area (Å²) in [6, 6.07) is 29.2. The zero-order valence-corrected chi connectivity index (χ0v) is 26.3. The second kappa shape index (κ2) is 13.4. The number of aromatic nitrogens is 3. The Morgan fingerprint density at radius 3 is 2.48 bits per heavy atom. The fraction of sp³-hybridized carbons (Fsp3) is 0.182. The van der Waals surface area contributed by atoms with Crippen LogP contribution >= 0.6 is 27.7 Å². The van der Waals surface area contributed by atoms with Crippen LogP contribution in [0.25, 0.3) is 0 Å². The Hall–Kier alpha value is -4.48. The van der Waals surface area contributed by atoms with Crippen molar-refractivity contribution in [2.45, 2.75) is 37.6 Å². The van der Waals surface area contributed by atoms with E-state index in [1.807, 2.05) is 66.1 Å². The summed E-state index contributed by atoms with van der Waals surface area (Å²) >= 11 is 4.80. The molecule has 9 nitrogen and oxygen atoms in total. The second-order valence-electron chi connectivity index (χ2n) is 10.3. The van der Waals surface area contributed by atoms with Crippen LogP contribution in [0.2, 0.25) is 0 Å². The SMILES string of the molecule is Cc1ccc([C@H]2CC(c3ccc(Br)cc3)=NN2C(=O)CSc2nnc(CNC(=O)c3ccco3)n2Cc2ccccc2)cc1. The first-order chi connectivity index (χ1) is 21.4. The zero-order chi connectivity index (χ0) is 30.5. The van der Waals surface area contributed by atoms with Gasteiger partial charge in [-0.3, -0.25) is 9.59 Å². The number of benzene rings is 3. The lowest BCUT2D eigenvalue weighted by atomic mass is 9.98. The van der Waals surface area contributed by atoms with E-state index < -0.39 is 0 Å². The maximum Gasteiger partial charge on any atom is 0.287 e. The summed E-state index contributed by atoms with van der Waals surface area (Å²) in [5.41, 5.74) is 5.08. The number of rotatable bonds is 10. The van der Waals surface area contributed by atoms with Crippen LogP contribution in [-0.2, 0) is 17.9 Å². The second-order valence-corrected chi connectivity index (χ2v) is 12.2. The first-order valence-corrected chi connectivity index (χ1v) is 15.8. The minimum atomic E-state index is -0.343. The molecule has 0 spiro atoms. The zero-order valence-electron chi connectivity index (χ0n) is 23.9. The molecule has 11 heteroatoms. The van der Waals surface area contributed by atoms with Crippen molar-refractivity contribution in [2.24, 2.45) is 5.10 Å². The molecule has 1 atom stereocenters. The highest BCUT2D eigenvalue weighted by molar-refractivity contribution is 9.10. The van der Waals surface area contributed by atoms with Crippen LogP contribution in [-0.4, -0.2) is 43.1 Å². The molecule has 0 unspecified atom stereocenters. The Labute approximate surface area is 267 Å². The van der Waals surface area contributed by atoms with Crippen LogP contribution in [0.3, 0.4) is 0 Å². The Bertz CT molecular complexity index is 1770. The van der Waals surface area contributed by atoms with Crippen LogP contribution in [0.5, 0.6) is 0 Å². The third-order valence-electron chi connectivity index (χ3n) is 7.26. The van der Waals surface area contributed by atoms with E-state index in [2.05, 4.69) is 55.7 Å². The minimum Gasteiger partial charge on any atom is -0.459 e. The summed E-state index contributed by atoms with van der Waals surface area (Å²) < 4.78 is 8.11. The number of carbonyl (C=O) groups is 2. The number of hydrazone groups is 1. The Morgan fingerprint density at radius 2 is 1.75 bits per heavy atom. The molecule has 2 amide bonds. The molecule has 3 aromatic carbocycles. The van der Waals surface area contributed by atoms with Crippen molar-refractivity contribution in [3.63, 3.8) is 0 Å². The monoisotopic (exact) mass is 668 g/mol. The molecule has 0 aliphatic carbocycles. The quantitative estimate of drug-likeness (QED) is 0.173. The largest absolute Gasteiger partial charge is 0.459 e. The van der Waals surface area contributed by atoms with E-state index in [-0.39, 0.29) is 35.9 Å². The highest BCUT2D eigenvalue weighted by Crippen LogP contribution is 2.34. The predicted octanol–water partition coefficient (Wildman–Crippen LogP) is 6.39. The molecule has 2 aromatic heterocycles. The molecule has 0 radical (unpaired) electrons. The minimum absolute atomic E-state index is 0.116. The molecule has 0 bridgehead atoms. The lowest BCUT2D eigenvalue weighted by Gasteiger charge is -2.22. The van der Waals surface area contributed by atoms with Gasteiger partial charge >= 0.3 is 0 Å². The third kappa shape index (κ3) is 6.84. The standard InChI is InChI=1S/C33H29BrN6O3S/c1-22-9-11-25(12-10-22)28-18-27(24-13-15-26(34)16-14-24)38-40(28)31(41)21-44-33-37-36-30(19-35-32(42)29-8-5-17-43-29)39(33)20-23-6-3-2-4-7-23/h2-17,28H,18-21H2,1H3,(H,35,42)/t28-/m1/s1. The molecule has 5 aromatic rings. The first kappa shape index (κ1) is 29.6. The number of aryl methyl sites for hydroxylation is 1. The van der Waals surface area contributed by atoms with Gasteiger partial charge in [0, 0.05) is 10.9 Å². The van der Waals surface area contributed by atoms with E-state index in [9.17, 15) is 9.59 Å². The number of hydrogen-bond acceptors (Lipinski definition) is 7. The molecular formula is C33H29BrN6O3S. The summed E-state index contributed by atoms with van der Waals surface area (Å²) in [6.07, 6.45) is 2.07. The predicted molar refractivity (Wildman–Crippen MR) is 172 cm³/mol. The lowest BCUT2D eigenvalue weighted by molar-refractivity contribution is -0.130. The van der Waals surface area contributed by atoms with E-state index in [4.69, 9.17) is 9.52 Å². The summed E-state index contributed by atoms with van der Waals surface area (Å²) in [5.74, 6) is 0.429. The molecule has 222 valence electrons. The molecule has 3 heterocycles. The maximum absolute atomic E-state index is 13.8. The molecular weight excluding hydrogens is 640 g/mol. The van der Waals surface area contributed by atoms with Gasteiger partial charge < -0.3 is 14.3 Å². The van der Waals surface area contributed by atoms with E-state index in [1.165, 1.54) is 18.0 Å². The molecule has 1 aliphatic heterocycles. The van der Waals surface area contributed by atoms with Crippen molar-refractivity contribution in [2.75, 3.05) is 5.75 Å². The third-order valence-corrected chi connectivity index (χ3v) is 8.74. The average Bonchev–Trinajstić information content (AvgIpc) is 3.81. The summed E-state index contributed by atoms with van der Waals surface area (Å²) in [6.45, 7) is 2.68. The number of nitrogens with one attached hydrogen (secondary N) is 1. The number of carbonyl (C=O) groups excluding carboxylic acids is 2. The van der Waals surface area contributed by atoms with Crippen LogP contribution in [0, 0.1) is 6.92 Å². The molecule has 0 saturated heterocycles. The van der Waals surface area contributed by atoms with Gasteiger partial charge in [0.1, 0.15) is 0 Å². The number of nitrogens with zero attached hydrogens (tertiary/aromatic N) is 5. The fourth-order valence-electron chi connectivity index (χ4n) is 4.93. The van der Waals surface area contributed by atoms with Crippen molar-refractivity contribution >= 4 is 45.2 Å². The van der Waals surface area contributed by atoms with E-state index in [0.717, 1.165) is 32.4 Å².